The van der Waals surface area contributed by atoms with Gasteiger partial charge in [-0.2, -0.15) is 0 Å². The molecule has 2 aliphatic rings. The van der Waals surface area contributed by atoms with Gasteiger partial charge in [-0.15, -0.1) is 0 Å². The fourth-order valence-corrected chi connectivity index (χ4v) is 2.76. The molecule has 2 nitrogen and oxygen atoms in total. The molecular weight excluding hydrogens is 216 g/mol. The lowest BCUT2D eigenvalue weighted by Gasteiger charge is -2.41. The number of likely N-dealkylation sites (tertiary alicyclic amines) is 1. The average Bonchev–Trinajstić information content (AvgIpc) is 2.26. The van der Waals surface area contributed by atoms with Gasteiger partial charge in [-0.05, 0) is 25.9 Å². The summed E-state index contributed by atoms with van der Waals surface area (Å²) >= 11 is 3.49. The number of hydrogen-bond donors (Lipinski definition) is 0. The molecule has 0 radical (unpaired) electrons. The summed E-state index contributed by atoms with van der Waals surface area (Å²) in [5, 5.41) is 0. The van der Waals surface area contributed by atoms with E-state index in [0.29, 0.717) is 0 Å². The smallest absolute Gasteiger partial charge is 0.0368 e. The molecular formula is C9H17BrN2. The Bertz CT molecular complexity index is 137. The van der Waals surface area contributed by atoms with Crippen molar-refractivity contribution < 1.29 is 0 Å². The molecule has 0 aromatic rings. The van der Waals surface area contributed by atoms with Crippen molar-refractivity contribution in [2.75, 3.05) is 26.2 Å². The lowest BCUT2D eigenvalue weighted by atomic mass is 10.1. The van der Waals surface area contributed by atoms with E-state index in [4.69, 9.17) is 0 Å². The van der Waals surface area contributed by atoms with Gasteiger partial charge in [-0.25, -0.2) is 3.93 Å². The molecule has 2 saturated heterocycles. The zero-order valence-corrected chi connectivity index (χ0v) is 9.09. The Labute approximate surface area is 83.2 Å². The van der Waals surface area contributed by atoms with Gasteiger partial charge in [0.15, 0.2) is 0 Å². The summed E-state index contributed by atoms with van der Waals surface area (Å²) in [6, 6.07) is 0.850. The first-order valence-corrected chi connectivity index (χ1v) is 5.72. The van der Waals surface area contributed by atoms with E-state index >= 15 is 0 Å². The van der Waals surface area contributed by atoms with E-state index < -0.39 is 0 Å². The van der Waals surface area contributed by atoms with Gasteiger partial charge >= 0.3 is 0 Å². The molecule has 2 rings (SSSR count). The molecule has 0 aliphatic carbocycles. The van der Waals surface area contributed by atoms with E-state index in [1.54, 1.807) is 0 Å². The highest BCUT2D eigenvalue weighted by Gasteiger charge is 2.30. The molecule has 0 aromatic heterocycles. The lowest BCUT2D eigenvalue weighted by molar-refractivity contribution is 0.103. The third-order valence-corrected chi connectivity index (χ3v) is 3.55. The highest BCUT2D eigenvalue weighted by Crippen LogP contribution is 2.21. The molecule has 0 saturated carbocycles. The molecule has 2 heterocycles. The molecule has 3 heteroatoms. The molecule has 0 bridgehead atoms. The zero-order chi connectivity index (χ0) is 8.39. The summed E-state index contributed by atoms with van der Waals surface area (Å²) in [5.74, 6) is 0. The van der Waals surface area contributed by atoms with Crippen molar-refractivity contribution >= 4 is 16.1 Å². The first-order chi connectivity index (χ1) is 5.86. The Hall–Kier alpha value is 0.400. The minimum Gasteiger partial charge on any atom is -0.298 e. The van der Waals surface area contributed by atoms with Gasteiger partial charge in [0.05, 0.1) is 0 Å². The second-order valence-corrected chi connectivity index (χ2v) is 4.93. The predicted molar refractivity (Wildman–Crippen MR) is 54.3 cm³/mol. The van der Waals surface area contributed by atoms with Crippen LogP contribution >= 0.6 is 16.1 Å². The van der Waals surface area contributed by atoms with Gasteiger partial charge in [-0.3, -0.25) is 4.90 Å². The second kappa shape index (κ2) is 4.07. The summed E-state index contributed by atoms with van der Waals surface area (Å²) < 4.78 is 2.22. The largest absolute Gasteiger partial charge is 0.298 e. The third-order valence-electron chi connectivity index (χ3n) is 2.97. The number of nitrogens with zero attached hydrogens (tertiary/aromatic N) is 2. The molecule has 2 aliphatic heterocycles. The van der Waals surface area contributed by atoms with Crippen LogP contribution in [0.3, 0.4) is 0 Å². The van der Waals surface area contributed by atoms with Gasteiger partial charge in [-0.1, -0.05) is 12.8 Å². The molecule has 0 aromatic carbocycles. The van der Waals surface area contributed by atoms with Crippen molar-refractivity contribution in [3.63, 3.8) is 0 Å². The minimum absolute atomic E-state index is 0.850. The first kappa shape index (κ1) is 8.97. The van der Waals surface area contributed by atoms with Crippen LogP contribution in [0.2, 0.25) is 0 Å². The van der Waals surface area contributed by atoms with Crippen LogP contribution in [0.25, 0.3) is 0 Å². The lowest BCUT2D eigenvalue weighted by Crippen LogP contribution is -2.55. The standard InChI is InChI=1S/C9H17BrN2/c10-12-7-9(8-12)11-5-3-1-2-4-6-11/h9H,1-8H2. The molecule has 70 valence electrons. The second-order valence-electron chi connectivity index (χ2n) is 3.93. The van der Waals surface area contributed by atoms with Crippen molar-refractivity contribution in [2.24, 2.45) is 0 Å². The maximum atomic E-state index is 3.49. The van der Waals surface area contributed by atoms with Gasteiger partial charge < -0.3 is 0 Å². The summed E-state index contributed by atoms with van der Waals surface area (Å²) in [4.78, 5) is 2.67. The first-order valence-electron chi connectivity index (χ1n) is 5.01. The van der Waals surface area contributed by atoms with E-state index in [1.807, 2.05) is 0 Å². The van der Waals surface area contributed by atoms with Crippen molar-refractivity contribution in [1.29, 1.82) is 0 Å². The van der Waals surface area contributed by atoms with Gasteiger partial charge in [0.2, 0.25) is 0 Å². The van der Waals surface area contributed by atoms with Crippen LogP contribution in [0.15, 0.2) is 0 Å². The monoisotopic (exact) mass is 232 g/mol. The topological polar surface area (TPSA) is 6.48 Å². The Morgan fingerprint density at radius 3 is 2.00 bits per heavy atom. The Balaban J connectivity index is 1.78. The highest BCUT2D eigenvalue weighted by atomic mass is 79.9. The van der Waals surface area contributed by atoms with E-state index in [1.165, 1.54) is 51.9 Å². The molecule has 0 N–H and O–H groups in total. The summed E-state index contributed by atoms with van der Waals surface area (Å²) in [7, 11) is 0. The molecule has 0 amide bonds. The highest BCUT2D eigenvalue weighted by molar-refractivity contribution is 9.07. The van der Waals surface area contributed by atoms with Crippen molar-refractivity contribution in [3.8, 4) is 0 Å². The van der Waals surface area contributed by atoms with Crippen LogP contribution in [0.5, 0.6) is 0 Å². The summed E-state index contributed by atoms with van der Waals surface area (Å²) in [6.45, 7) is 5.12. The van der Waals surface area contributed by atoms with Crippen LogP contribution in [-0.4, -0.2) is 41.0 Å². The van der Waals surface area contributed by atoms with Crippen molar-refractivity contribution in [3.05, 3.63) is 0 Å². The SMILES string of the molecule is BrN1CC(N2CCCCCC2)C1. The quantitative estimate of drug-likeness (QED) is 0.638. The Morgan fingerprint density at radius 2 is 1.50 bits per heavy atom. The summed E-state index contributed by atoms with van der Waals surface area (Å²) in [6.07, 6.45) is 5.72. The van der Waals surface area contributed by atoms with Crippen molar-refractivity contribution in [2.45, 2.75) is 31.7 Å². The fraction of sp³-hybridized carbons (Fsp3) is 1.00. The van der Waals surface area contributed by atoms with Gasteiger partial charge in [0.25, 0.3) is 0 Å². The fourth-order valence-electron chi connectivity index (χ4n) is 2.10. The average molecular weight is 233 g/mol. The molecule has 0 atom stereocenters. The summed E-state index contributed by atoms with van der Waals surface area (Å²) in [5.41, 5.74) is 0. The third kappa shape index (κ3) is 2.01. The van der Waals surface area contributed by atoms with E-state index in [-0.39, 0.29) is 0 Å². The molecule has 0 unspecified atom stereocenters. The Kier molecular flexibility index (Phi) is 3.05. The van der Waals surface area contributed by atoms with Gasteiger partial charge in [0, 0.05) is 35.3 Å². The normalized spacial score (nSPS) is 29.8. The number of halogens is 1. The van der Waals surface area contributed by atoms with E-state index in [2.05, 4.69) is 25.0 Å². The maximum absolute atomic E-state index is 3.49. The molecule has 2 fully saturated rings. The van der Waals surface area contributed by atoms with Crippen LogP contribution in [-0.2, 0) is 0 Å². The van der Waals surface area contributed by atoms with Crippen LogP contribution < -0.4 is 0 Å². The van der Waals surface area contributed by atoms with Crippen LogP contribution in [0.4, 0.5) is 0 Å². The number of hydrogen-bond acceptors (Lipinski definition) is 2. The predicted octanol–water partition coefficient (Wildman–Crippen LogP) is 1.86. The van der Waals surface area contributed by atoms with Crippen LogP contribution in [0.1, 0.15) is 25.7 Å². The molecule has 0 spiro atoms. The minimum atomic E-state index is 0.850. The zero-order valence-electron chi connectivity index (χ0n) is 7.51. The maximum Gasteiger partial charge on any atom is 0.0368 e. The van der Waals surface area contributed by atoms with Crippen molar-refractivity contribution in [1.82, 2.24) is 8.83 Å². The number of rotatable bonds is 1. The Morgan fingerprint density at radius 1 is 0.917 bits per heavy atom. The van der Waals surface area contributed by atoms with E-state index in [0.717, 1.165) is 6.04 Å². The molecule has 12 heavy (non-hydrogen) atoms. The van der Waals surface area contributed by atoms with E-state index in [9.17, 15) is 0 Å². The van der Waals surface area contributed by atoms with Gasteiger partial charge in [0.1, 0.15) is 0 Å². The van der Waals surface area contributed by atoms with Crippen LogP contribution in [0, 0.1) is 0 Å².